The normalized spacial score (nSPS) is 18.9. The van der Waals surface area contributed by atoms with Gasteiger partial charge in [-0.2, -0.15) is 0 Å². The van der Waals surface area contributed by atoms with Crippen molar-refractivity contribution < 1.29 is 9.84 Å². The molecule has 3 aromatic rings. The minimum absolute atomic E-state index is 0.0807. The maximum absolute atomic E-state index is 12.1. The van der Waals surface area contributed by atoms with Crippen molar-refractivity contribution in [3.63, 3.8) is 0 Å². The summed E-state index contributed by atoms with van der Waals surface area (Å²) in [4.78, 5) is 21.7. The topological polar surface area (TPSA) is 78.5 Å². The third-order valence-corrected chi connectivity index (χ3v) is 5.03. The lowest BCUT2D eigenvalue weighted by Gasteiger charge is -2.32. The van der Waals surface area contributed by atoms with E-state index in [1.54, 1.807) is 12.1 Å². The lowest BCUT2D eigenvalue weighted by atomic mass is 10.1. The molecule has 124 valence electrons. The van der Waals surface area contributed by atoms with E-state index >= 15 is 0 Å². The van der Waals surface area contributed by atoms with E-state index in [1.165, 1.54) is 11.3 Å². The minimum atomic E-state index is -0.0950. The van der Waals surface area contributed by atoms with Crippen LogP contribution in [0.1, 0.15) is 17.5 Å². The number of thiophene rings is 1. The lowest BCUT2D eigenvalue weighted by molar-refractivity contribution is -0.0337. The Hall–Kier alpha value is -2.22. The second-order valence-corrected chi connectivity index (χ2v) is 6.75. The van der Waals surface area contributed by atoms with Gasteiger partial charge >= 0.3 is 0 Å². The third kappa shape index (κ3) is 3.06. The smallest absolute Gasteiger partial charge is 0.268 e. The van der Waals surface area contributed by atoms with Gasteiger partial charge < -0.3 is 14.8 Å². The van der Waals surface area contributed by atoms with Gasteiger partial charge in [-0.05, 0) is 29.1 Å². The third-order valence-electron chi connectivity index (χ3n) is 4.13. The molecule has 2 aromatic heterocycles. The fraction of sp³-hybridized carbons (Fsp3) is 0.294. The van der Waals surface area contributed by atoms with Crippen LogP contribution in [0.5, 0.6) is 5.75 Å². The number of aromatic amines is 1. The van der Waals surface area contributed by atoms with Crippen LogP contribution in [0.3, 0.4) is 0 Å². The number of aromatic nitrogens is 2. The molecular weight excluding hydrogens is 326 g/mol. The molecule has 1 atom stereocenters. The Morgan fingerprint density at radius 2 is 2.33 bits per heavy atom. The van der Waals surface area contributed by atoms with Crippen molar-refractivity contribution in [2.75, 3.05) is 19.7 Å². The van der Waals surface area contributed by atoms with Crippen LogP contribution < -0.4 is 5.56 Å². The summed E-state index contributed by atoms with van der Waals surface area (Å²) in [6.45, 7) is 2.64. The second kappa shape index (κ2) is 6.35. The molecule has 2 N–H and O–H groups in total. The van der Waals surface area contributed by atoms with Crippen molar-refractivity contribution >= 4 is 21.6 Å². The number of aromatic hydroxyl groups is 1. The maximum Gasteiger partial charge on any atom is 0.268 e. The molecule has 0 unspecified atom stereocenters. The molecule has 0 bridgehead atoms. The standard InChI is InChI=1S/C17H17N3O3S/c21-12-3-1-2-11(8-12)14-9-20(5-6-23-14)10-15-18-13-4-7-24-16(13)17(22)19-15/h1-4,7-8,14,21H,5-6,9-10H2,(H,18,19,22)/t14-/m1/s1. The summed E-state index contributed by atoms with van der Waals surface area (Å²) in [7, 11) is 0. The van der Waals surface area contributed by atoms with Gasteiger partial charge in [-0.3, -0.25) is 9.69 Å². The van der Waals surface area contributed by atoms with Crippen LogP contribution in [0.25, 0.3) is 10.2 Å². The zero-order valence-corrected chi connectivity index (χ0v) is 13.8. The number of fused-ring (bicyclic) bond motifs is 1. The monoisotopic (exact) mass is 343 g/mol. The van der Waals surface area contributed by atoms with Crippen LogP contribution in [0.2, 0.25) is 0 Å². The number of hydrogen-bond donors (Lipinski definition) is 2. The average Bonchev–Trinajstić information content (AvgIpc) is 3.04. The SMILES string of the molecule is O=c1[nH]c(CN2CCO[C@@H](c3cccc(O)c3)C2)nc2ccsc12. The Morgan fingerprint density at radius 3 is 3.21 bits per heavy atom. The molecule has 24 heavy (non-hydrogen) atoms. The molecule has 1 saturated heterocycles. The number of morpholine rings is 1. The number of nitrogens with zero attached hydrogens (tertiary/aromatic N) is 2. The van der Waals surface area contributed by atoms with Gasteiger partial charge in [-0.25, -0.2) is 4.98 Å². The Balaban J connectivity index is 1.52. The summed E-state index contributed by atoms with van der Waals surface area (Å²) in [5.74, 6) is 0.907. The van der Waals surface area contributed by atoms with E-state index in [0.29, 0.717) is 30.2 Å². The van der Waals surface area contributed by atoms with Crippen LogP contribution in [0.4, 0.5) is 0 Å². The van der Waals surface area contributed by atoms with E-state index in [0.717, 1.165) is 17.6 Å². The molecule has 0 radical (unpaired) electrons. The van der Waals surface area contributed by atoms with Crippen molar-refractivity contribution in [3.05, 3.63) is 57.5 Å². The number of hydrogen-bond acceptors (Lipinski definition) is 6. The summed E-state index contributed by atoms with van der Waals surface area (Å²) in [5, 5.41) is 11.5. The van der Waals surface area contributed by atoms with E-state index in [1.807, 2.05) is 23.6 Å². The van der Waals surface area contributed by atoms with Crippen molar-refractivity contribution in [1.82, 2.24) is 14.9 Å². The molecule has 6 nitrogen and oxygen atoms in total. The van der Waals surface area contributed by atoms with Crippen molar-refractivity contribution in [2.45, 2.75) is 12.6 Å². The van der Waals surface area contributed by atoms with Crippen LogP contribution >= 0.6 is 11.3 Å². The number of rotatable bonds is 3. The first-order valence-corrected chi connectivity index (χ1v) is 8.66. The molecule has 3 heterocycles. The molecule has 1 aliphatic heterocycles. The zero-order valence-electron chi connectivity index (χ0n) is 12.9. The summed E-state index contributed by atoms with van der Waals surface area (Å²) in [5.41, 5.74) is 1.62. The first-order chi connectivity index (χ1) is 11.7. The molecule has 7 heteroatoms. The quantitative estimate of drug-likeness (QED) is 0.763. The predicted molar refractivity (Wildman–Crippen MR) is 92.3 cm³/mol. The molecule has 0 amide bonds. The molecule has 0 aliphatic carbocycles. The first kappa shape index (κ1) is 15.3. The first-order valence-electron chi connectivity index (χ1n) is 7.78. The van der Waals surface area contributed by atoms with E-state index in [4.69, 9.17) is 4.74 Å². The van der Waals surface area contributed by atoms with Crippen LogP contribution in [0, 0.1) is 0 Å². The fourth-order valence-corrected chi connectivity index (χ4v) is 3.71. The molecule has 1 aliphatic rings. The number of H-pyrrole nitrogens is 1. The second-order valence-electron chi connectivity index (χ2n) is 5.84. The van der Waals surface area contributed by atoms with E-state index in [-0.39, 0.29) is 17.4 Å². The Bertz CT molecular complexity index is 921. The van der Waals surface area contributed by atoms with Crippen molar-refractivity contribution in [1.29, 1.82) is 0 Å². The van der Waals surface area contributed by atoms with Gasteiger partial charge in [0.25, 0.3) is 5.56 Å². The highest BCUT2D eigenvalue weighted by Crippen LogP contribution is 2.25. The van der Waals surface area contributed by atoms with Gasteiger partial charge in [-0.1, -0.05) is 12.1 Å². The maximum atomic E-state index is 12.1. The van der Waals surface area contributed by atoms with Gasteiger partial charge in [-0.15, -0.1) is 11.3 Å². The van der Waals surface area contributed by atoms with Crippen molar-refractivity contribution in [3.8, 4) is 5.75 Å². The van der Waals surface area contributed by atoms with E-state index < -0.39 is 0 Å². The highest BCUT2D eigenvalue weighted by atomic mass is 32.1. The summed E-state index contributed by atoms with van der Waals surface area (Å²) < 4.78 is 6.49. The molecule has 1 fully saturated rings. The number of benzene rings is 1. The summed E-state index contributed by atoms with van der Waals surface area (Å²) in [6, 6.07) is 9.01. The molecule has 0 spiro atoms. The summed E-state index contributed by atoms with van der Waals surface area (Å²) in [6.07, 6.45) is -0.0950. The average molecular weight is 343 g/mol. The summed E-state index contributed by atoms with van der Waals surface area (Å²) >= 11 is 1.40. The number of ether oxygens (including phenoxy) is 1. The van der Waals surface area contributed by atoms with E-state index in [2.05, 4.69) is 14.9 Å². The Morgan fingerprint density at radius 1 is 1.42 bits per heavy atom. The van der Waals surface area contributed by atoms with Gasteiger partial charge in [0, 0.05) is 13.1 Å². The van der Waals surface area contributed by atoms with Gasteiger partial charge in [0.1, 0.15) is 16.3 Å². The largest absolute Gasteiger partial charge is 0.508 e. The number of phenols is 1. The molecular formula is C17H17N3O3S. The molecule has 4 rings (SSSR count). The molecule has 1 aromatic carbocycles. The fourth-order valence-electron chi connectivity index (χ4n) is 2.98. The number of phenolic OH excluding ortho intramolecular Hbond substituents is 1. The van der Waals surface area contributed by atoms with Gasteiger partial charge in [0.05, 0.1) is 24.8 Å². The zero-order chi connectivity index (χ0) is 16.5. The van der Waals surface area contributed by atoms with Crippen LogP contribution in [-0.2, 0) is 11.3 Å². The van der Waals surface area contributed by atoms with Gasteiger partial charge in [0.2, 0.25) is 0 Å². The number of nitrogens with one attached hydrogen (secondary N) is 1. The minimum Gasteiger partial charge on any atom is -0.508 e. The Labute approximate surface area is 142 Å². The van der Waals surface area contributed by atoms with Crippen LogP contribution in [0.15, 0.2) is 40.5 Å². The highest BCUT2D eigenvalue weighted by molar-refractivity contribution is 7.17. The van der Waals surface area contributed by atoms with Gasteiger partial charge in [0.15, 0.2) is 0 Å². The predicted octanol–water partition coefficient (Wildman–Crippen LogP) is 2.26. The van der Waals surface area contributed by atoms with Crippen molar-refractivity contribution in [2.24, 2.45) is 0 Å². The molecule has 0 saturated carbocycles. The Kier molecular flexibility index (Phi) is 4.05. The van der Waals surface area contributed by atoms with E-state index in [9.17, 15) is 9.90 Å². The lowest BCUT2D eigenvalue weighted by Crippen LogP contribution is -2.38. The van der Waals surface area contributed by atoms with Crippen LogP contribution in [-0.4, -0.2) is 39.7 Å². The highest BCUT2D eigenvalue weighted by Gasteiger charge is 2.23.